The van der Waals surface area contributed by atoms with Crippen LogP contribution in [0.3, 0.4) is 0 Å². The second-order valence-electron chi connectivity index (χ2n) is 4.08. The molecule has 6 heteroatoms. The lowest BCUT2D eigenvalue weighted by atomic mass is 10.2. The molecule has 1 aromatic heterocycles. The topological polar surface area (TPSA) is 63.3 Å². The van der Waals surface area contributed by atoms with E-state index in [-0.39, 0.29) is 27.6 Å². The Morgan fingerprint density at radius 2 is 2.00 bits per heavy atom. The number of nitrogens with zero attached hydrogens (tertiary/aromatic N) is 1. The fraction of sp³-hybridized carbons (Fsp3) is 0. The average molecular weight is 292 g/mol. The third kappa shape index (κ3) is 1.92. The van der Waals surface area contributed by atoms with Crippen LogP contribution in [0, 0.1) is 5.82 Å². The number of rotatable bonds is 2. The highest BCUT2D eigenvalue weighted by Crippen LogP contribution is 2.32. The number of para-hydroxylation sites is 1. The Balaban J connectivity index is 2.26. The molecule has 0 saturated heterocycles. The molecule has 1 N–H and O–H groups in total. The van der Waals surface area contributed by atoms with Crippen molar-refractivity contribution in [3.63, 3.8) is 0 Å². The van der Waals surface area contributed by atoms with Crippen molar-refractivity contribution < 1.29 is 18.7 Å². The number of hydrogen-bond donors (Lipinski definition) is 1. The van der Waals surface area contributed by atoms with E-state index in [1.54, 1.807) is 18.2 Å². The summed E-state index contributed by atoms with van der Waals surface area (Å²) in [5, 5.41) is 8.98. The molecule has 100 valence electrons. The molecule has 0 atom stereocenters. The normalized spacial score (nSPS) is 10.9. The fourth-order valence-electron chi connectivity index (χ4n) is 1.91. The molecule has 0 bridgehead atoms. The summed E-state index contributed by atoms with van der Waals surface area (Å²) in [4.78, 5) is 15.2. The van der Waals surface area contributed by atoms with Crippen LogP contribution >= 0.6 is 11.6 Å². The lowest BCUT2D eigenvalue weighted by Gasteiger charge is -1.99. The van der Waals surface area contributed by atoms with Crippen LogP contribution in [0.1, 0.15) is 10.4 Å². The van der Waals surface area contributed by atoms with Gasteiger partial charge in [0.15, 0.2) is 5.58 Å². The summed E-state index contributed by atoms with van der Waals surface area (Å²) >= 11 is 5.87. The third-order valence-electron chi connectivity index (χ3n) is 2.83. The highest BCUT2D eigenvalue weighted by molar-refractivity contribution is 6.33. The van der Waals surface area contributed by atoms with Gasteiger partial charge >= 0.3 is 5.97 Å². The summed E-state index contributed by atoms with van der Waals surface area (Å²) in [6, 6.07) is 8.81. The van der Waals surface area contributed by atoms with E-state index in [2.05, 4.69) is 4.98 Å². The van der Waals surface area contributed by atoms with Crippen LogP contribution in [0.5, 0.6) is 0 Å². The number of aromatic carboxylic acids is 1. The maximum Gasteiger partial charge on any atom is 0.338 e. The molecule has 4 nitrogen and oxygen atoms in total. The van der Waals surface area contributed by atoms with Gasteiger partial charge in [0.2, 0.25) is 5.89 Å². The number of carboxylic acids is 1. The molecule has 0 radical (unpaired) electrons. The van der Waals surface area contributed by atoms with Crippen molar-refractivity contribution in [2.75, 3.05) is 0 Å². The average Bonchev–Trinajstić information content (AvgIpc) is 2.84. The van der Waals surface area contributed by atoms with E-state index in [4.69, 9.17) is 21.1 Å². The zero-order valence-electron chi connectivity index (χ0n) is 9.93. The first-order chi connectivity index (χ1) is 9.58. The summed E-state index contributed by atoms with van der Waals surface area (Å²) in [5.74, 6) is -1.62. The van der Waals surface area contributed by atoms with Gasteiger partial charge in [0.05, 0.1) is 16.1 Å². The number of carboxylic acid groups (broad SMARTS) is 1. The molecule has 0 unspecified atom stereocenters. The standard InChI is InChI=1S/C14H7ClFNO3/c15-11-7(3-1-5-9(11)16)13-17-12-8(14(18)19)4-2-6-10(12)20-13/h1-6H,(H,18,19). The Hall–Kier alpha value is -2.40. The second kappa shape index (κ2) is 4.61. The number of oxazole rings is 1. The maximum absolute atomic E-state index is 13.4. The van der Waals surface area contributed by atoms with Crippen LogP contribution in [0.4, 0.5) is 4.39 Å². The molecular formula is C14H7ClFNO3. The SMILES string of the molecule is O=C(O)c1cccc2oc(-c3cccc(F)c3Cl)nc12. The van der Waals surface area contributed by atoms with E-state index in [0.29, 0.717) is 5.58 Å². The molecule has 2 aromatic carbocycles. The largest absolute Gasteiger partial charge is 0.478 e. The predicted molar refractivity (Wildman–Crippen MR) is 71.4 cm³/mol. The number of carbonyl (C=O) groups is 1. The van der Waals surface area contributed by atoms with Gasteiger partial charge < -0.3 is 9.52 Å². The number of aromatic nitrogens is 1. The smallest absolute Gasteiger partial charge is 0.338 e. The zero-order valence-corrected chi connectivity index (χ0v) is 10.7. The van der Waals surface area contributed by atoms with Crippen molar-refractivity contribution in [2.24, 2.45) is 0 Å². The first-order valence-electron chi connectivity index (χ1n) is 5.65. The van der Waals surface area contributed by atoms with Crippen molar-refractivity contribution in [1.29, 1.82) is 0 Å². The minimum atomic E-state index is -1.11. The molecule has 1 heterocycles. The zero-order chi connectivity index (χ0) is 14.3. The van der Waals surface area contributed by atoms with E-state index < -0.39 is 11.8 Å². The molecule has 0 aliphatic heterocycles. The van der Waals surface area contributed by atoms with Crippen LogP contribution in [0.25, 0.3) is 22.6 Å². The van der Waals surface area contributed by atoms with Gasteiger partial charge in [0.25, 0.3) is 0 Å². The van der Waals surface area contributed by atoms with Gasteiger partial charge in [-0.3, -0.25) is 0 Å². The van der Waals surface area contributed by atoms with E-state index >= 15 is 0 Å². The molecule has 0 aliphatic rings. The Morgan fingerprint density at radius 1 is 1.25 bits per heavy atom. The predicted octanol–water partition coefficient (Wildman–Crippen LogP) is 3.99. The van der Waals surface area contributed by atoms with Crippen LogP contribution in [-0.4, -0.2) is 16.1 Å². The Morgan fingerprint density at radius 3 is 2.75 bits per heavy atom. The Labute approximate surface area is 117 Å². The number of halogens is 2. The number of hydrogen-bond acceptors (Lipinski definition) is 3. The number of fused-ring (bicyclic) bond motifs is 1. The molecule has 0 spiro atoms. The molecule has 3 aromatic rings. The van der Waals surface area contributed by atoms with Crippen molar-refractivity contribution in [3.8, 4) is 11.5 Å². The van der Waals surface area contributed by atoms with Crippen molar-refractivity contribution >= 4 is 28.7 Å². The fourth-order valence-corrected chi connectivity index (χ4v) is 2.11. The number of benzene rings is 2. The highest BCUT2D eigenvalue weighted by atomic mass is 35.5. The molecule has 3 rings (SSSR count). The lowest BCUT2D eigenvalue weighted by Crippen LogP contribution is -1.96. The summed E-state index contributed by atoms with van der Waals surface area (Å²) in [7, 11) is 0. The van der Waals surface area contributed by atoms with E-state index in [1.165, 1.54) is 18.2 Å². The molecule has 0 aliphatic carbocycles. The summed E-state index contributed by atoms with van der Waals surface area (Å²) in [6.45, 7) is 0. The molecule has 20 heavy (non-hydrogen) atoms. The van der Waals surface area contributed by atoms with Crippen LogP contribution in [0.2, 0.25) is 5.02 Å². The van der Waals surface area contributed by atoms with Gasteiger partial charge in [0, 0.05) is 0 Å². The van der Waals surface area contributed by atoms with Crippen molar-refractivity contribution in [3.05, 3.63) is 52.8 Å². The summed E-state index contributed by atoms with van der Waals surface area (Å²) < 4.78 is 18.9. The Bertz CT molecular complexity index is 828. The highest BCUT2D eigenvalue weighted by Gasteiger charge is 2.17. The van der Waals surface area contributed by atoms with Gasteiger partial charge in [-0.15, -0.1) is 0 Å². The molecule has 0 saturated carbocycles. The van der Waals surface area contributed by atoms with Gasteiger partial charge in [-0.25, -0.2) is 14.2 Å². The third-order valence-corrected chi connectivity index (χ3v) is 3.22. The second-order valence-corrected chi connectivity index (χ2v) is 4.46. The lowest BCUT2D eigenvalue weighted by molar-refractivity contribution is 0.0699. The quantitative estimate of drug-likeness (QED) is 0.775. The summed E-state index contributed by atoms with van der Waals surface area (Å²) in [6.07, 6.45) is 0. The van der Waals surface area contributed by atoms with E-state index in [0.717, 1.165) is 0 Å². The molecular weight excluding hydrogens is 285 g/mol. The van der Waals surface area contributed by atoms with Gasteiger partial charge in [-0.1, -0.05) is 23.7 Å². The van der Waals surface area contributed by atoms with E-state index in [9.17, 15) is 9.18 Å². The van der Waals surface area contributed by atoms with E-state index in [1.807, 2.05) is 0 Å². The Kier molecular flexibility index (Phi) is 2.91. The summed E-state index contributed by atoms with van der Waals surface area (Å²) in [5.41, 5.74) is 0.805. The van der Waals surface area contributed by atoms with Crippen molar-refractivity contribution in [1.82, 2.24) is 4.98 Å². The first-order valence-corrected chi connectivity index (χ1v) is 6.03. The first kappa shape index (κ1) is 12.6. The van der Waals surface area contributed by atoms with Crippen LogP contribution in [-0.2, 0) is 0 Å². The molecule has 0 fully saturated rings. The molecule has 0 amide bonds. The monoisotopic (exact) mass is 291 g/mol. The minimum Gasteiger partial charge on any atom is -0.478 e. The maximum atomic E-state index is 13.4. The van der Waals surface area contributed by atoms with Gasteiger partial charge in [-0.2, -0.15) is 0 Å². The van der Waals surface area contributed by atoms with Gasteiger partial charge in [0.1, 0.15) is 11.3 Å². The van der Waals surface area contributed by atoms with Gasteiger partial charge in [-0.05, 0) is 24.3 Å². The van der Waals surface area contributed by atoms with Crippen LogP contribution in [0.15, 0.2) is 40.8 Å². The minimum absolute atomic E-state index is 0.0185. The van der Waals surface area contributed by atoms with Crippen LogP contribution < -0.4 is 0 Å². The van der Waals surface area contributed by atoms with Crippen molar-refractivity contribution in [2.45, 2.75) is 0 Å².